The molecule has 4 rings (SSSR count). The zero-order valence-electron chi connectivity index (χ0n) is 12.9. The number of carbonyl (C=O) groups excluding carboxylic acids is 2. The number of fused-ring (bicyclic) bond motifs is 1. The third kappa shape index (κ3) is 2.86. The monoisotopic (exact) mass is 320 g/mol. The molecule has 6 heteroatoms. The lowest BCUT2D eigenvalue weighted by Gasteiger charge is -2.08. The minimum Gasteiger partial charge on any atom is -0.349 e. The van der Waals surface area contributed by atoms with Gasteiger partial charge in [0.2, 0.25) is 0 Å². The summed E-state index contributed by atoms with van der Waals surface area (Å²) in [5.74, 6) is 0.323. The van der Waals surface area contributed by atoms with Crippen LogP contribution in [0.15, 0.2) is 54.9 Å². The van der Waals surface area contributed by atoms with Crippen molar-refractivity contribution in [1.82, 2.24) is 14.7 Å². The molecule has 2 N–H and O–H groups in total. The van der Waals surface area contributed by atoms with Crippen LogP contribution in [0.5, 0.6) is 0 Å². The van der Waals surface area contributed by atoms with Gasteiger partial charge in [0.05, 0.1) is 0 Å². The molecule has 3 aromatic rings. The Kier molecular flexibility index (Phi) is 3.49. The maximum Gasteiger partial charge on any atom is 0.256 e. The molecule has 1 aromatic carbocycles. The quantitative estimate of drug-likeness (QED) is 0.775. The van der Waals surface area contributed by atoms with Crippen molar-refractivity contribution in [1.29, 1.82) is 0 Å². The molecule has 1 fully saturated rings. The molecule has 0 unspecified atom stereocenters. The molecule has 24 heavy (non-hydrogen) atoms. The maximum atomic E-state index is 12.4. The number of benzene rings is 1. The fourth-order valence-electron chi connectivity index (χ4n) is 2.51. The first kappa shape index (κ1) is 14.4. The Morgan fingerprint density at radius 1 is 1.00 bits per heavy atom. The van der Waals surface area contributed by atoms with Crippen LogP contribution < -0.4 is 10.6 Å². The first-order valence-electron chi connectivity index (χ1n) is 7.85. The predicted molar refractivity (Wildman–Crippen MR) is 90.1 cm³/mol. The number of amides is 2. The number of anilines is 1. The number of carbonyl (C=O) groups is 2. The van der Waals surface area contributed by atoms with E-state index in [4.69, 9.17) is 0 Å². The van der Waals surface area contributed by atoms with Crippen LogP contribution in [0.3, 0.4) is 0 Å². The van der Waals surface area contributed by atoms with Crippen molar-refractivity contribution in [3.63, 3.8) is 0 Å². The molecular weight excluding hydrogens is 304 g/mol. The predicted octanol–water partition coefficient (Wildman–Crippen LogP) is 2.48. The van der Waals surface area contributed by atoms with Crippen molar-refractivity contribution in [3.05, 3.63) is 66.0 Å². The summed E-state index contributed by atoms with van der Waals surface area (Å²) in [5, 5.41) is 5.79. The highest BCUT2D eigenvalue weighted by Gasteiger charge is 2.23. The molecule has 0 radical (unpaired) electrons. The molecule has 0 spiro atoms. The van der Waals surface area contributed by atoms with Crippen molar-refractivity contribution < 1.29 is 9.59 Å². The van der Waals surface area contributed by atoms with E-state index < -0.39 is 0 Å². The third-order valence-electron chi connectivity index (χ3n) is 3.99. The molecule has 6 nitrogen and oxygen atoms in total. The van der Waals surface area contributed by atoms with Crippen molar-refractivity contribution in [2.75, 3.05) is 5.32 Å². The van der Waals surface area contributed by atoms with Gasteiger partial charge in [-0.3, -0.25) is 14.0 Å². The summed E-state index contributed by atoms with van der Waals surface area (Å²) >= 11 is 0. The fraction of sp³-hybridized carbons (Fsp3) is 0.167. The van der Waals surface area contributed by atoms with Gasteiger partial charge in [0.15, 0.2) is 0 Å². The van der Waals surface area contributed by atoms with E-state index in [1.807, 2.05) is 18.2 Å². The van der Waals surface area contributed by atoms with Crippen LogP contribution in [-0.4, -0.2) is 27.2 Å². The van der Waals surface area contributed by atoms with E-state index >= 15 is 0 Å². The molecule has 2 amide bonds. The van der Waals surface area contributed by atoms with Gasteiger partial charge in [-0.25, -0.2) is 4.98 Å². The summed E-state index contributed by atoms with van der Waals surface area (Å²) < 4.78 is 1.80. The normalized spacial score (nSPS) is 13.7. The number of imidazole rings is 1. The molecule has 120 valence electrons. The van der Waals surface area contributed by atoms with Crippen molar-refractivity contribution in [2.24, 2.45) is 0 Å². The average Bonchev–Trinajstić information content (AvgIpc) is 3.27. The van der Waals surface area contributed by atoms with E-state index in [0.717, 1.165) is 18.5 Å². The maximum absolute atomic E-state index is 12.4. The summed E-state index contributed by atoms with van der Waals surface area (Å²) in [6.45, 7) is 0. The van der Waals surface area contributed by atoms with Crippen molar-refractivity contribution >= 4 is 23.3 Å². The zero-order valence-corrected chi connectivity index (χ0v) is 12.9. The number of aromatic nitrogens is 2. The van der Waals surface area contributed by atoms with Crippen LogP contribution in [0.25, 0.3) is 5.65 Å². The molecule has 0 bridgehead atoms. The van der Waals surface area contributed by atoms with E-state index in [0.29, 0.717) is 23.0 Å². The molecule has 2 heterocycles. The lowest BCUT2D eigenvalue weighted by Crippen LogP contribution is -2.25. The Morgan fingerprint density at radius 2 is 1.71 bits per heavy atom. The molecule has 0 atom stereocenters. The second-order valence-electron chi connectivity index (χ2n) is 5.85. The number of hydrogen-bond acceptors (Lipinski definition) is 3. The highest BCUT2D eigenvalue weighted by atomic mass is 16.2. The van der Waals surface area contributed by atoms with Crippen molar-refractivity contribution in [3.8, 4) is 0 Å². The van der Waals surface area contributed by atoms with Crippen LogP contribution in [0, 0.1) is 0 Å². The summed E-state index contributed by atoms with van der Waals surface area (Å²) in [7, 11) is 0. The van der Waals surface area contributed by atoms with Crippen LogP contribution >= 0.6 is 0 Å². The highest BCUT2D eigenvalue weighted by molar-refractivity contribution is 6.04. The first-order valence-corrected chi connectivity index (χ1v) is 7.85. The minimum atomic E-state index is -0.231. The van der Waals surface area contributed by atoms with Gasteiger partial charge >= 0.3 is 0 Å². The Hall–Kier alpha value is -3.15. The Labute approximate surface area is 138 Å². The molecular formula is C18H16N4O2. The third-order valence-corrected chi connectivity index (χ3v) is 3.99. The van der Waals surface area contributed by atoms with Gasteiger partial charge < -0.3 is 10.6 Å². The van der Waals surface area contributed by atoms with E-state index in [-0.39, 0.29) is 11.8 Å². The summed E-state index contributed by atoms with van der Waals surface area (Å²) in [6, 6.07) is 12.5. The summed E-state index contributed by atoms with van der Waals surface area (Å²) in [4.78, 5) is 28.6. The molecule has 0 aliphatic heterocycles. The second kappa shape index (κ2) is 5.81. The molecule has 2 aromatic heterocycles. The Bertz CT molecular complexity index is 910. The van der Waals surface area contributed by atoms with Gasteiger partial charge in [0.1, 0.15) is 11.5 Å². The highest BCUT2D eigenvalue weighted by Crippen LogP contribution is 2.19. The SMILES string of the molecule is O=C(Nc1cccc2nccn12)c1ccc(C(=O)NC2CC2)cc1. The van der Waals surface area contributed by atoms with E-state index in [1.54, 1.807) is 41.1 Å². The lowest BCUT2D eigenvalue weighted by atomic mass is 10.1. The van der Waals surface area contributed by atoms with E-state index in [9.17, 15) is 9.59 Å². The number of rotatable bonds is 4. The number of hydrogen-bond donors (Lipinski definition) is 2. The van der Waals surface area contributed by atoms with Crippen molar-refractivity contribution in [2.45, 2.75) is 18.9 Å². The zero-order chi connectivity index (χ0) is 16.5. The number of nitrogens with one attached hydrogen (secondary N) is 2. The van der Waals surface area contributed by atoms with Crippen LogP contribution in [0.1, 0.15) is 33.6 Å². The molecule has 1 aliphatic carbocycles. The minimum absolute atomic E-state index is 0.0901. The van der Waals surface area contributed by atoms with Gasteiger partial charge in [-0.2, -0.15) is 0 Å². The molecule has 1 saturated carbocycles. The first-order chi connectivity index (χ1) is 11.7. The largest absolute Gasteiger partial charge is 0.349 e. The molecule has 1 aliphatic rings. The van der Waals surface area contributed by atoms with Gasteiger partial charge in [-0.15, -0.1) is 0 Å². The number of pyridine rings is 1. The van der Waals surface area contributed by atoms with Crippen LogP contribution in [0.2, 0.25) is 0 Å². The lowest BCUT2D eigenvalue weighted by molar-refractivity contribution is 0.0949. The topological polar surface area (TPSA) is 75.5 Å². The average molecular weight is 320 g/mol. The summed E-state index contributed by atoms with van der Waals surface area (Å²) in [6.07, 6.45) is 5.56. The smallest absolute Gasteiger partial charge is 0.256 e. The van der Waals surface area contributed by atoms with Gasteiger partial charge in [-0.1, -0.05) is 6.07 Å². The standard InChI is InChI=1S/C18H16N4O2/c23-17(20-14-8-9-14)12-4-6-13(7-5-12)18(24)21-16-3-1-2-15-19-10-11-22(15)16/h1-7,10-11,14H,8-9H2,(H,20,23)(H,21,24). The van der Waals surface area contributed by atoms with Crippen LogP contribution in [0.4, 0.5) is 5.82 Å². The van der Waals surface area contributed by atoms with Gasteiger partial charge in [-0.05, 0) is 49.2 Å². The van der Waals surface area contributed by atoms with E-state index in [1.165, 1.54) is 0 Å². The number of nitrogens with zero attached hydrogens (tertiary/aromatic N) is 2. The van der Waals surface area contributed by atoms with Gasteiger partial charge in [0.25, 0.3) is 11.8 Å². The summed E-state index contributed by atoms with van der Waals surface area (Å²) in [5.41, 5.74) is 1.82. The Balaban J connectivity index is 1.49. The Morgan fingerprint density at radius 3 is 2.42 bits per heavy atom. The van der Waals surface area contributed by atoms with E-state index in [2.05, 4.69) is 15.6 Å². The van der Waals surface area contributed by atoms with Crippen LogP contribution in [-0.2, 0) is 0 Å². The second-order valence-corrected chi connectivity index (χ2v) is 5.85. The fourth-order valence-corrected chi connectivity index (χ4v) is 2.51. The molecule has 0 saturated heterocycles. The van der Waals surface area contributed by atoms with Gasteiger partial charge in [0, 0.05) is 29.6 Å².